The fraction of sp³-hybridized carbons (Fsp3) is 1.00. The van der Waals surface area contributed by atoms with Crippen LogP contribution in [0.4, 0.5) is 0 Å². The summed E-state index contributed by atoms with van der Waals surface area (Å²) in [6.07, 6.45) is 69.4. The van der Waals surface area contributed by atoms with Crippen molar-refractivity contribution in [3.8, 4) is 0 Å². The normalized spacial score (nSPS) is 43.6. The Morgan fingerprint density at radius 3 is 0.923 bits per heavy atom. The molecule has 0 amide bonds. The minimum Gasteiger partial charge on any atom is -0.294 e. The molecule has 0 saturated heterocycles. The monoisotopic (exact) mass is 894 g/mol. The van der Waals surface area contributed by atoms with E-state index in [0.717, 1.165) is 102 Å². The van der Waals surface area contributed by atoms with Crippen LogP contribution < -0.4 is 0 Å². The Labute approximate surface area is 403 Å². The zero-order chi connectivity index (χ0) is 43.4. The van der Waals surface area contributed by atoms with Crippen LogP contribution in [0.2, 0.25) is 0 Å². The standard InChI is InChI=1S/C62H107N3/c1-4-19-53(20-5-1)63(56-36-27-47(28-37-56)49-31-40-58(41-32-49)64(54-21-6-2-7-22-54)60-44-35-46-15-10-11-17-52(46)45-60)57-38-29-48(30-39-57)50-33-42-59(43-34-50)65(55-23-8-3-9-24-55)62-26-14-18-51-16-12-13-25-61(51)62/h46-62H,1-45H2. The van der Waals surface area contributed by atoms with Gasteiger partial charge in [-0.25, -0.2) is 0 Å². The highest BCUT2D eigenvalue weighted by atomic mass is 15.2. The molecule has 0 N–H and O–H groups in total. The van der Waals surface area contributed by atoms with Gasteiger partial charge in [0.15, 0.2) is 0 Å². The summed E-state index contributed by atoms with van der Waals surface area (Å²) in [6.45, 7) is 0. The van der Waals surface area contributed by atoms with Gasteiger partial charge in [-0.15, -0.1) is 0 Å². The van der Waals surface area contributed by atoms with Crippen molar-refractivity contribution in [3.05, 3.63) is 0 Å². The van der Waals surface area contributed by atoms with Gasteiger partial charge in [0.2, 0.25) is 0 Å². The largest absolute Gasteiger partial charge is 0.294 e. The van der Waals surface area contributed by atoms with Gasteiger partial charge in [0.1, 0.15) is 0 Å². The van der Waals surface area contributed by atoms with Crippen molar-refractivity contribution >= 4 is 0 Å². The predicted molar refractivity (Wildman–Crippen MR) is 275 cm³/mol. The summed E-state index contributed by atoms with van der Waals surface area (Å²) in [5, 5.41) is 0. The second-order valence-electron chi connectivity index (χ2n) is 27.0. The quantitative estimate of drug-likeness (QED) is 0.205. The lowest BCUT2D eigenvalue weighted by molar-refractivity contribution is -0.0409. The number of rotatable bonds is 11. The van der Waals surface area contributed by atoms with Gasteiger partial charge < -0.3 is 0 Å². The average Bonchev–Trinajstić information content (AvgIpc) is 3.38. The molecule has 0 heterocycles. The van der Waals surface area contributed by atoms with Crippen LogP contribution >= 0.6 is 0 Å². The summed E-state index contributed by atoms with van der Waals surface area (Å²) in [5.74, 6) is 8.47. The third-order valence-electron chi connectivity index (χ3n) is 23.8. The van der Waals surface area contributed by atoms with E-state index in [4.69, 9.17) is 0 Å². The lowest BCUT2D eigenvalue weighted by atomic mass is 9.66. The molecule has 65 heavy (non-hydrogen) atoms. The Bertz CT molecular complexity index is 1380. The highest BCUT2D eigenvalue weighted by Crippen LogP contribution is 2.50. The van der Waals surface area contributed by atoms with Crippen LogP contribution in [0.5, 0.6) is 0 Å². The zero-order valence-corrected chi connectivity index (χ0v) is 43.0. The minimum atomic E-state index is 0.911. The molecule has 0 spiro atoms. The lowest BCUT2D eigenvalue weighted by Crippen LogP contribution is -2.56. The van der Waals surface area contributed by atoms with Crippen LogP contribution in [-0.4, -0.2) is 69.1 Å². The molecule has 370 valence electrons. The number of hydrogen-bond acceptors (Lipinski definition) is 3. The van der Waals surface area contributed by atoms with E-state index in [9.17, 15) is 0 Å². The minimum absolute atomic E-state index is 0.911. The van der Waals surface area contributed by atoms with E-state index < -0.39 is 0 Å². The molecule has 0 aromatic rings. The first-order valence-electron chi connectivity index (χ1n) is 31.6. The Hall–Kier alpha value is -0.120. The number of fused-ring (bicyclic) bond motifs is 2. The van der Waals surface area contributed by atoms with E-state index in [0.29, 0.717) is 0 Å². The van der Waals surface area contributed by atoms with Gasteiger partial charge >= 0.3 is 0 Å². The molecule has 0 aromatic carbocycles. The van der Waals surface area contributed by atoms with Crippen LogP contribution in [0, 0.1) is 47.3 Å². The smallest absolute Gasteiger partial charge is 0.0132 e. The van der Waals surface area contributed by atoms with Gasteiger partial charge in [0.05, 0.1) is 0 Å². The SMILES string of the molecule is C1CCC(N(C2CCC(C3CCC(N(C4CCCCC4)C4CCC5CCCCC5C4)CC3)CC2)C2CCC(C3CCC(N(C4CCCCC4)C4CCCC5CCCCC54)CC3)CC2)CC1. The van der Waals surface area contributed by atoms with Gasteiger partial charge in [0.25, 0.3) is 0 Å². The fourth-order valence-electron chi connectivity index (χ4n) is 20.6. The summed E-state index contributed by atoms with van der Waals surface area (Å²) < 4.78 is 0. The first-order valence-corrected chi connectivity index (χ1v) is 31.6. The molecule has 3 nitrogen and oxygen atoms in total. The van der Waals surface area contributed by atoms with Crippen molar-refractivity contribution in [1.82, 2.24) is 14.7 Å². The third kappa shape index (κ3) is 11.0. The van der Waals surface area contributed by atoms with E-state index in [-0.39, 0.29) is 0 Å². The molecule has 0 radical (unpaired) electrons. The maximum absolute atomic E-state index is 3.34. The lowest BCUT2D eigenvalue weighted by Gasteiger charge is -2.54. The molecule has 11 saturated carbocycles. The van der Waals surface area contributed by atoms with Gasteiger partial charge in [-0.2, -0.15) is 0 Å². The summed E-state index contributed by atoms with van der Waals surface area (Å²) in [7, 11) is 0. The maximum Gasteiger partial charge on any atom is 0.0132 e. The van der Waals surface area contributed by atoms with Crippen molar-refractivity contribution in [1.29, 1.82) is 0 Å². The molecular formula is C62H107N3. The summed E-state index contributed by atoms with van der Waals surface area (Å²) >= 11 is 0. The predicted octanol–water partition coefficient (Wildman–Crippen LogP) is 16.8. The molecule has 6 unspecified atom stereocenters. The molecule has 6 atom stereocenters. The highest BCUT2D eigenvalue weighted by Gasteiger charge is 2.46. The van der Waals surface area contributed by atoms with Gasteiger partial charge in [-0.3, -0.25) is 14.7 Å². The van der Waals surface area contributed by atoms with E-state index in [1.165, 1.54) is 128 Å². The van der Waals surface area contributed by atoms with E-state index >= 15 is 0 Å². The summed E-state index contributed by atoms with van der Waals surface area (Å²) in [6, 6.07) is 8.32. The van der Waals surface area contributed by atoms with Crippen LogP contribution in [0.1, 0.15) is 289 Å². The Balaban J connectivity index is 0.672. The zero-order valence-electron chi connectivity index (χ0n) is 43.0. The second kappa shape index (κ2) is 23.0. The molecule has 0 bridgehead atoms. The second-order valence-corrected chi connectivity index (χ2v) is 27.0. The average molecular weight is 895 g/mol. The molecule has 11 aliphatic rings. The molecule has 0 aliphatic heterocycles. The molecule has 3 heteroatoms. The van der Waals surface area contributed by atoms with E-state index in [2.05, 4.69) is 14.7 Å². The fourth-order valence-corrected chi connectivity index (χ4v) is 20.6. The summed E-state index contributed by atoms with van der Waals surface area (Å²) in [5.41, 5.74) is 0. The van der Waals surface area contributed by atoms with Crippen LogP contribution in [0.3, 0.4) is 0 Å². The van der Waals surface area contributed by atoms with Crippen LogP contribution in [-0.2, 0) is 0 Å². The highest BCUT2D eigenvalue weighted by molar-refractivity contribution is 5.00. The van der Waals surface area contributed by atoms with E-state index in [1.807, 2.05) is 0 Å². The number of nitrogens with zero attached hydrogens (tertiary/aromatic N) is 3. The molecule has 0 aromatic heterocycles. The van der Waals surface area contributed by atoms with Gasteiger partial charge in [-0.1, -0.05) is 116 Å². The Kier molecular flexibility index (Phi) is 16.7. The maximum atomic E-state index is 3.34. The topological polar surface area (TPSA) is 9.72 Å². The van der Waals surface area contributed by atoms with Crippen LogP contribution in [0.25, 0.3) is 0 Å². The molecular weight excluding hydrogens is 787 g/mol. The van der Waals surface area contributed by atoms with Gasteiger partial charge in [0, 0.05) is 54.4 Å². The molecule has 11 rings (SSSR count). The molecule has 11 fully saturated rings. The Morgan fingerprint density at radius 2 is 0.462 bits per heavy atom. The van der Waals surface area contributed by atoms with Crippen molar-refractivity contribution in [2.75, 3.05) is 0 Å². The van der Waals surface area contributed by atoms with Crippen molar-refractivity contribution in [3.63, 3.8) is 0 Å². The molecule has 11 aliphatic carbocycles. The third-order valence-corrected chi connectivity index (χ3v) is 23.8. The summed E-state index contributed by atoms with van der Waals surface area (Å²) in [4.78, 5) is 9.96. The Morgan fingerprint density at radius 1 is 0.169 bits per heavy atom. The van der Waals surface area contributed by atoms with Gasteiger partial charge in [-0.05, 0) is 221 Å². The first kappa shape index (κ1) is 47.2. The van der Waals surface area contributed by atoms with Crippen molar-refractivity contribution < 1.29 is 0 Å². The van der Waals surface area contributed by atoms with Crippen molar-refractivity contribution in [2.45, 2.75) is 343 Å². The van der Waals surface area contributed by atoms with Crippen LogP contribution in [0.15, 0.2) is 0 Å². The van der Waals surface area contributed by atoms with Crippen molar-refractivity contribution in [2.24, 2.45) is 47.3 Å². The van der Waals surface area contributed by atoms with E-state index in [1.54, 1.807) is 161 Å². The number of hydrogen-bond donors (Lipinski definition) is 0. The first-order chi connectivity index (χ1) is 32.2.